The molecule has 7 nitrogen and oxygen atoms in total. The molecule has 118 valence electrons. The largest absolute Gasteiger partial charge is 0.486 e. The second-order valence-electron chi connectivity index (χ2n) is 4.62. The highest BCUT2D eigenvalue weighted by Gasteiger charge is 2.21. The SMILES string of the molecule is O=C(Oc1cc(F)ccc1[N+](=O)[O-])c1ccc2c(c1)OCCO2. The molecule has 2 aromatic rings. The molecule has 0 bridgehead atoms. The first kappa shape index (κ1) is 14.8. The minimum absolute atomic E-state index is 0.104. The zero-order valence-electron chi connectivity index (χ0n) is 11.7. The summed E-state index contributed by atoms with van der Waals surface area (Å²) in [5, 5.41) is 10.9. The van der Waals surface area contributed by atoms with Crippen LogP contribution in [-0.4, -0.2) is 24.1 Å². The van der Waals surface area contributed by atoms with Crippen LogP contribution in [0.25, 0.3) is 0 Å². The van der Waals surface area contributed by atoms with Crippen molar-refractivity contribution < 1.29 is 28.3 Å². The lowest BCUT2D eigenvalue weighted by molar-refractivity contribution is -0.385. The van der Waals surface area contributed by atoms with Crippen LogP contribution in [0, 0.1) is 15.9 Å². The summed E-state index contributed by atoms with van der Waals surface area (Å²) >= 11 is 0. The quantitative estimate of drug-likeness (QED) is 0.374. The molecular weight excluding hydrogens is 309 g/mol. The predicted octanol–water partition coefficient (Wildman–Crippen LogP) is 2.72. The highest BCUT2D eigenvalue weighted by atomic mass is 19.1. The van der Waals surface area contributed by atoms with Crippen molar-refractivity contribution in [1.29, 1.82) is 0 Å². The molecule has 0 saturated heterocycles. The van der Waals surface area contributed by atoms with Gasteiger partial charge in [0, 0.05) is 12.1 Å². The number of nitrogens with zero attached hydrogens (tertiary/aromatic N) is 1. The Labute approximate surface area is 129 Å². The Balaban J connectivity index is 1.87. The van der Waals surface area contributed by atoms with Gasteiger partial charge in [0.2, 0.25) is 5.75 Å². The number of fused-ring (bicyclic) bond motifs is 1. The van der Waals surface area contributed by atoms with Crippen LogP contribution in [0.15, 0.2) is 36.4 Å². The third-order valence-corrected chi connectivity index (χ3v) is 3.10. The van der Waals surface area contributed by atoms with E-state index in [1.807, 2.05) is 0 Å². The van der Waals surface area contributed by atoms with Gasteiger partial charge in [0.25, 0.3) is 0 Å². The van der Waals surface area contributed by atoms with Crippen molar-refractivity contribution in [3.63, 3.8) is 0 Å². The van der Waals surface area contributed by atoms with Crippen molar-refractivity contribution >= 4 is 11.7 Å². The van der Waals surface area contributed by atoms with Gasteiger partial charge in [0.05, 0.1) is 10.5 Å². The van der Waals surface area contributed by atoms with Crippen molar-refractivity contribution in [2.75, 3.05) is 13.2 Å². The Morgan fingerprint density at radius 1 is 1.13 bits per heavy atom. The van der Waals surface area contributed by atoms with Crippen LogP contribution in [0.4, 0.5) is 10.1 Å². The summed E-state index contributed by atoms with van der Waals surface area (Å²) < 4.78 is 28.9. The number of carbonyl (C=O) groups excluding carboxylic acids is 1. The molecule has 2 aromatic carbocycles. The van der Waals surface area contributed by atoms with Crippen LogP contribution in [0.1, 0.15) is 10.4 Å². The number of nitro groups is 1. The summed E-state index contributed by atoms with van der Waals surface area (Å²) in [5.41, 5.74) is -0.398. The molecule has 0 fully saturated rings. The molecule has 0 amide bonds. The maximum Gasteiger partial charge on any atom is 0.343 e. The minimum Gasteiger partial charge on any atom is -0.486 e. The second-order valence-corrected chi connectivity index (χ2v) is 4.62. The van der Waals surface area contributed by atoms with Gasteiger partial charge < -0.3 is 14.2 Å². The zero-order valence-corrected chi connectivity index (χ0v) is 11.7. The van der Waals surface area contributed by atoms with E-state index in [-0.39, 0.29) is 5.56 Å². The van der Waals surface area contributed by atoms with Crippen LogP contribution in [0.2, 0.25) is 0 Å². The monoisotopic (exact) mass is 319 g/mol. The minimum atomic E-state index is -0.865. The molecule has 0 spiro atoms. The Morgan fingerprint density at radius 2 is 1.87 bits per heavy atom. The number of esters is 1. The topological polar surface area (TPSA) is 87.9 Å². The number of benzene rings is 2. The molecule has 23 heavy (non-hydrogen) atoms. The van der Waals surface area contributed by atoms with E-state index in [9.17, 15) is 19.3 Å². The van der Waals surface area contributed by atoms with Crippen LogP contribution < -0.4 is 14.2 Å². The zero-order chi connectivity index (χ0) is 16.4. The molecule has 8 heteroatoms. The Kier molecular flexibility index (Phi) is 3.80. The van der Waals surface area contributed by atoms with E-state index in [1.54, 1.807) is 0 Å². The first-order valence-electron chi connectivity index (χ1n) is 6.60. The molecule has 1 aliphatic heterocycles. The van der Waals surface area contributed by atoms with E-state index in [0.29, 0.717) is 24.7 Å². The predicted molar refractivity (Wildman–Crippen MR) is 75.4 cm³/mol. The van der Waals surface area contributed by atoms with E-state index >= 15 is 0 Å². The highest BCUT2D eigenvalue weighted by molar-refractivity contribution is 5.92. The molecule has 0 aromatic heterocycles. The lowest BCUT2D eigenvalue weighted by atomic mass is 10.2. The van der Waals surface area contributed by atoms with Crippen molar-refractivity contribution in [1.82, 2.24) is 0 Å². The van der Waals surface area contributed by atoms with Gasteiger partial charge in [-0.25, -0.2) is 9.18 Å². The summed E-state index contributed by atoms with van der Waals surface area (Å²) in [4.78, 5) is 22.3. The van der Waals surface area contributed by atoms with E-state index in [0.717, 1.165) is 18.2 Å². The third-order valence-electron chi connectivity index (χ3n) is 3.10. The number of hydrogen-bond donors (Lipinski definition) is 0. The molecule has 1 aliphatic rings. The molecule has 3 rings (SSSR count). The first-order chi connectivity index (χ1) is 11.0. The van der Waals surface area contributed by atoms with Gasteiger partial charge in [-0.1, -0.05) is 0 Å². The first-order valence-corrected chi connectivity index (χ1v) is 6.60. The average Bonchev–Trinajstić information content (AvgIpc) is 2.54. The lowest BCUT2D eigenvalue weighted by Gasteiger charge is -2.18. The maximum atomic E-state index is 13.2. The number of nitro benzene ring substituents is 1. The Morgan fingerprint density at radius 3 is 2.61 bits per heavy atom. The summed E-state index contributed by atoms with van der Waals surface area (Å²) in [5.74, 6) is -1.21. The Hall–Kier alpha value is -3.16. The number of ether oxygens (including phenoxy) is 3. The van der Waals surface area contributed by atoms with Crippen molar-refractivity contribution in [2.24, 2.45) is 0 Å². The summed E-state index contributed by atoms with van der Waals surface area (Å²) in [6.07, 6.45) is 0. The van der Waals surface area contributed by atoms with Gasteiger partial charge in [-0.2, -0.15) is 0 Å². The maximum absolute atomic E-state index is 13.2. The highest BCUT2D eigenvalue weighted by Crippen LogP contribution is 2.32. The molecule has 0 N–H and O–H groups in total. The molecule has 0 atom stereocenters. The lowest BCUT2D eigenvalue weighted by Crippen LogP contribution is -2.16. The van der Waals surface area contributed by atoms with E-state index in [2.05, 4.69) is 0 Å². The molecular formula is C15H10FNO6. The fourth-order valence-electron chi connectivity index (χ4n) is 2.05. The Bertz CT molecular complexity index is 792. The van der Waals surface area contributed by atoms with Crippen molar-refractivity contribution in [2.45, 2.75) is 0 Å². The van der Waals surface area contributed by atoms with Crippen LogP contribution in [0.3, 0.4) is 0 Å². The number of halogens is 1. The van der Waals surface area contributed by atoms with Gasteiger partial charge in [-0.05, 0) is 24.3 Å². The van der Waals surface area contributed by atoms with Gasteiger partial charge in [-0.15, -0.1) is 0 Å². The summed E-state index contributed by atoms with van der Waals surface area (Å²) in [6.45, 7) is 0.757. The van der Waals surface area contributed by atoms with Gasteiger partial charge in [0.15, 0.2) is 11.5 Å². The van der Waals surface area contributed by atoms with Crippen molar-refractivity contribution in [3.05, 3.63) is 57.9 Å². The standard InChI is InChI=1S/C15H10FNO6/c16-10-2-3-11(17(19)20)13(8-10)23-15(18)9-1-4-12-14(7-9)22-6-5-21-12/h1-4,7-8H,5-6H2. The molecule has 1 heterocycles. The molecule has 0 radical (unpaired) electrons. The van der Waals surface area contributed by atoms with E-state index in [4.69, 9.17) is 14.2 Å². The normalized spacial score (nSPS) is 12.6. The fourth-order valence-corrected chi connectivity index (χ4v) is 2.05. The van der Waals surface area contributed by atoms with E-state index < -0.39 is 28.1 Å². The summed E-state index contributed by atoms with van der Waals surface area (Å²) in [7, 11) is 0. The van der Waals surface area contributed by atoms with Crippen LogP contribution in [0.5, 0.6) is 17.2 Å². The van der Waals surface area contributed by atoms with Crippen molar-refractivity contribution in [3.8, 4) is 17.2 Å². The van der Waals surface area contributed by atoms with Gasteiger partial charge in [-0.3, -0.25) is 10.1 Å². The molecule has 0 aliphatic carbocycles. The van der Waals surface area contributed by atoms with Crippen LogP contribution >= 0.6 is 0 Å². The number of carbonyl (C=O) groups is 1. The van der Waals surface area contributed by atoms with E-state index in [1.165, 1.54) is 18.2 Å². The average molecular weight is 319 g/mol. The van der Waals surface area contributed by atoms with Gasteiger partial charge >= 0.3 is 11.7 Å². The number of rotatable bonds is 3. The smallest absolute Gasteiger partial charge is 0.343 e. The fraction of sp³-hybridized carbons (Fsp3) is 0.133. The third kappa shape index (κ3) is 3.05. The van der Waals surface area contributed by atoms with Gasteiger partial charge in [0.1, 0.15) is 19.0 Å². The second kappa shape index (κ2) is 5.91. The molecule has 0 saturated carbocycles. The summed E-state index contributed by atoms with van der Waals surface area (Å²) in [6, 6.07) is 7.00. The van der Waals surface area contributed by atoms with Crippen LogP contribution in [-0.2, 0) is 0 Å². The molecule has 0 unspecified atom stereocenters. The number of hydrogen-bond acceptors (Lipinski definition) is 6.